The Morgan fingerprint density at radius 3 is 2.38 bits per heavy atom. The van der Waals surface area contributed by atoms with Crippen molar-refractivity contribution in [3.63, 3.8) is 0 Å². The number of rotatable bonds is 16. The lowest BCUT2D eigenvalue weighted by Gasteiger charge is -2.07. The van der Waals surface area contributed by atoms with Gasteiger partial charge in [0.2, 0.25) is 0 Å². The Labute approximate surface area is 147 Å². The maximum atomic E-state index is 11.0. The lowest BCUT2D eigenvalue weighted by Crippen LogP contribution is -2.21. The van der Waals surface area contributed by atoms with E-state index in [1.165, 1.54) is 19.3 Å². The van der Waals surface area contributed by atoms with Gasteiger partial charge in [-0.3, -0.25) is 4.79 Å². The maximum absolute atomic E-state index is 11.0. The van der Waals surface area contributed by atoms with Gasteiger partial charge in [0.1, 0.15) is 0 Å². The highest BCUT2D eigenvalue weighted by Gasteiger charge is 2.14. The summed E-state index contributed by atoms with van der Waals surface area (Å²) in [5.41, 5.74) is 0. The smallest absolute Gasteiger partial charge is 0.485 e. The zero-order valence-corrected chi connectivity index (χ0v) is 15.2. The molecule has 0 fully saturated rings. The van der Waals surface area contributed by atoms with Crippen molar-refractivity contribution in [3.8, 4) is 0 Å². The van der Waals surface area contributed by atoms with E-state index in [1.54, 1.807) is 0 Å². The number of unbranched alkanes of at least 4 members (excludes halogenated alkanes) is 8. The van der Waals surface area contributed by atoms with E-state index >= 15 is 0 Å². The molecule has 0 amide bonds. The number of hydrogen-bond donors (Lipinski definition) is 3. The molecule has 0 spiro atoms. The molecule has 3 N–H and O–H groups in total. The van der Waals surface area contributed by atoms with Gasteiger partial charge in [-0.2, -0.15) is 0 Å². The summed E-state index contributed by atoms with van der Waals surface area (Å²) in [4.78, 5) is 11.0. The summed E-state index contributed by atoms with van der Waals surface area (Å²) in [6, 6.07) is 0. The van der Waals surface area contributed by atoms with Crippen molar-refractivity contribution >= 4 is 13.3 Å². The van der Waals surface area contributed by atoms with Crippen LogP contribution in [-0.4, -0.2) is 34.5 Å². The topological polar surface area (TPSA) is 87.0 Å². The van der Waals surface area contributed by atoms with Crippen molar-refractivity contribution < 1.29 is 24.6 Å². The number of carbonyl (C=O) groups is 1. The standard InChI is InChI=1S/C18H35BO5/c1-2-3-4-11-14-17(20)15-12-9-7-5-6-8-10-13-16-18(21)24-19(22)23/h9,12,17,20,22-23H,2-8,10-11,13-16H2,1H3/b12-9-/t17-/m1/s1. The van der Waals surface area contributed by atoms with E-state index in [-0.39, 0.29) is 12.5 Å². The van der Waals surface area contributed by atoms with Crippen LogP contribution < -0.4 is 0 Å². The van der Waals surface area contributed by atoms with Crippen LogP contribution in [0.25, 0.3) is 0 Å². The zero-order chi connectivity index (χ0) is 18.0. The van der Waals surface area contributed by atoms with Crippen LogP contribution in [0.3, 0.4) is 0 Å². The first-order valence-corrected chi connectivity index (χ1v) is 9.45. The molecule has 0 aromatic rings. The molecule has 0 unspecified atom stereocenters. The third-order valence-electron chi connectivity index (χ3n) is 3.95. The minimum atomic E-state index is -2.00. The van der Waals surface area contributed by atoms with E-state index in [9.17, 15) is 9.90 Å². The molecule has 6 heteroatoms. The molecule has 1 atom stereocenters. The van der Waals surface area contributed by atoms with E-state index in [0.717, 1.165) is 51.4 Å². The molecule has 0 radical (unpaired) electrons. The first kappa shape index (κ1) is 23.2. The number of hydrogen-bond acceptors (Lipinski definition) is 5. The van der Waals surface area contributed by atoms with E-state index in [4.69, 9.17) is 10.0 Å². The van der Waals surface area contributed by atoms with E-state index in [2.05, 4.69) is 23.7 Å². The quantitative estimate of drug-likeness (QED) is 0.227. The lowest BCUT2D eigenvalue weighted by molar-refractivity contribution is -0.137. The van der Waals surface area contributed by atoms with Crippen molar-refractivity contribution in [1.29, 1.82) is 0 Å². The van der Waals surface area contributed by atoms with Gasteiger partial charge in [0.05, 0.1) is 6.10 Å². The van der Waals surface area contributed by atoms with Crippen molar-refractivity contribution in [2.24, 2.45) is 0 Å². The fraction of sp³-hybridized carbons (Fsp3) is 0.833. The normalized spacial score (nSPS) is 12.5. The van der Waals surface area contributed by atoms with Gasteiger partial charge in [0.25, 0.3) is 5.97 Å². The second kappa shape index (κ2) is 17.0. The summed E-state index contributed by atoms with van der Waals surface area (Å²) in [6.07, 6.45) is 16.7. The highest BCUT2D eigenvalue weighted by Crippen LogP contribution is 2.10. The summed E-state index contributed by atoms with van der Waals surface area (Å²) in [5.74, 6) is -0.568. The van der Waals surface area contributed by atoms with E-state index < -0.39 is 13.3 Å². The summed E-state index contributed by atoms with van der Waals surface area (Å²) in [7, 11) is -2.00. The van der Waals surface area contributed by atoms with Crippen molar-refractivity contribution in [2.75, 3.05) is 0 Å². The lowest BCUT2D eigenvalue weighted by atomic mass is 10.1. The number of aliphatic hydroxyl groups is 1. The fourth-order valence-electron chi connectivity index (χ4n) is 2.53. The predicted octanol–water partition coefficient (Wildman–Crippen LogP) is 3.51. The van der Waals surface area contributed by atoms with Gasteiger partial charge < -0.3 is 19.8 Å². The Morgan fingerprint density at radius 1 is 1.00 bits per heavy atom. The largest absolute Gasteiger partial charge is 0.709 e. The number of aliphatic hydroxyl groups excluding tert-OH is 1. The molecule has 0 aliphatic rings. The third-order valence-corrected chi connectivity index (χ3v) is 3.95. The summed E-state index contributed by atoms with van der Waals surface area (Å²) >= 11 is 0. The van der Waals surface area contributed by atoms with Gasteiger partial charge in [-0.1, -0.05) is 64.0 Å². The molecule has 140 valence electrons. The van der Waals surface area contributed by atoms with Gasteiger partial charge in [-0.25, -0.2) is 0 Å². The van der Waals surface area contributed by atoms with E-state index in [0.29, 0.717) is 6.42 Å². The molecule has 0 bridgehead atoms. The van der Waals surface area contributed by atoms with Crippen LogP contribution >= 0.6 is 0 Å². The summed E-state index contributed by atoms with van der Waals surface area (Å²) in [6.45, 7) is 2.19. The van der Waals surface area contributed by atoms with E-state index in [1.807, 2.05) is 0 Å². The SMILES string of the molecule is CCCCCC[C@@H](O)C/C=C\CCCCCCCC(=O)OB(O)O. The molecule has 0 saturated heterocycles. The van der Waals surface area contributed by atoms with Crippen molar-refractivity contribution in [2.45, 2.75) is 96.5 Å². The van der Waals surface area contributed by atoms with Crippen LogP contribution in [0.1, 0.15) is 90.4 Å². The molecule has 0 aliphatic carbocycles. The molecule has 0 rings (SSSR count). The average Bonchev–Trinajstić information content (AvgIpc) is 2.52. The molecule has 0 saturated carbocycles. The molecule has 5 nitrogen and oxygen atoms in total. The average molecular weight is 342 g/mol. The van der Waals surface area contributed by atoms with Crippen LogP contribution in [0, 0.1) is 0 Å². The Kier molecular flexibility index (Phi) is 16.4. The second-order valence-corrected chi connectivity index (χ2v) is 6.33. The van der Waals surface area contributed by atoms with Crippen LogP contribution in [-0.2, 0) is 9.45 Å². The molecule has 24 heavy (non-hydrogen) atoms. The molecule has 0 aromatic heterocycles. The Hall–Kier alpha value is -0.845. The second-order valence-electron chi connectivity index (χ2n) is 6.33. The molecular weight excluding hydrogens is 307 g/mol. The van der Waals surface area contributed by atoms with Gasteiger partial charge in [0, 0.05) is 6.42 Å². The van der Waals surface area contributed by atoms with Crippen LogP contribution in [0.4, 0.5) is 0 Å². The van der Waals surface area contributed by atoms with Crippen LogP contribution in [0.2, 0.25) is 0 Å². The molecule has 0 aromatic carbocycles. The zero-order valence-electron chi connectivity index (χ0n) is 15.2. The number of allylic oxidation sites excluding steroid dienone is 1. The maximum Gasteiger partial charge on any atom is 0.709 e. The molecule has 0 heterocycles. The predicted molar refractivity (Wildman–Crippen MR) is 97.1 cm³/mol. The fourth-order valence-corrected chi connectivity index (χ4v) is 2.53. The summed E-state index contributed by atoms with van der Waals surface area (Å²) < 4.78 is 4.22. The monoisotopic (exact) mass is 342 g/mol. The summed E-state index contributed by atoms with van der Waals surface area (Å²) in [5, 5.41) is 26.7. The molecular formula is C18H35BO5. The molecule has 0 aliphatic heterocycles. The first-order valence-electron chi connectivity index (χ1n) is 9.45. The van der Waals surface area contributed by atoms with Gasteiger partial charge >= 0.3 is 7.32 Å². The van der Waals surface area contributed by atoms with Crippen molar-refractivity contribution in [1.82, 2.24) is 0 Å². The highest BCUT2D eigenvalue weighted by atomic mass is 16.6. The van der Waals surface area contributed by atoms with Crippen LogP contribution in [0.5, 0.6) is 0 Å². The Balaban J connectivity index is 3.33. The van der Waals surface area contributed by atoms with Crippen molar-refractivity contribution in [3.05, 3.63) is 12.2 Å². The van der Waals surface area contributed by atoms with Gasteiger partial charge in [0.15, 0.2) is 0 Å². The minimum absolute atomic E-state index is 0.199. The minimum Gasteiger partial charge on any atom is -0.485 e. The van der Waals surface area contributed by atoms with Gasteiger partial charge in [-0.05, 0) is 32.1 Å². The first-order chi connectivity index (χ1) is 11.6. The number of carbonyl (C=O) groups excluding carboxylic acids is 1. The third kappa shape index (κ3) is 17.5. The Bertz CT molecular complexity index is 321. The Morgan fingerprint density at radius 2 is 1.67 bits per heavy atom. The highest BCUT2D eigenvalue weighted by molar-refractivity contribution is 6.35. The van der Waals surface area contributed by atoms with Crippen LogP contribution in [0.15, 0.2) is 12.2 Å². The van der Waals surface area contributed by atoms with Gasteiger partial charge in [-0.15, -0.1) is 0 Å².